The van der Waals surface area contributed by atoms with Gasteiger partial charge in [0, 0.05) is 18.7 Å². The molecule has 0 radical (unpaired) electrons. The third-order valence-corrected chi connectivity index (χ3v) is 3.52. The molecule has 0 unspecified atom stereocenters. The predicted octanol–water partition coefficient (Wildman–Crippen LogP) is 1.99. The van der Waals surface area contributed by atoms with Gasteiger partial charge < -0.3 is 14.2 Å². The van der Waals surface area contributed by atoms with Crippen molar-refractivity contribution in [2.75, 3.05) is 13.1 Å². The van der Waals surface area contributed by atoms with Crippen molar-refractivity contribution in [2.24, 2.45) is 0 Å². The van der Waals surface area contributed by atoms with Gasteiger partial charge in [0.05, 0.1) is 12.2 Å². The molecule has 94 valence electrons. The van der Waals surface area contributed by atoms with Crippen LogP contribution in [0.25, 0.3) is 0 Å². The van der Waals surface area contributed by atoms with Gasteiger partial charge in [-0.1, -0.05) is 5.16 Å². The van der Waals surface area contributed by atoms with Gasteiger partial charge in [0.2, 0.25) is 4.67 Å². The summed E-state index contributed by atoms with van der Waals surface area (Å²) in [4.78, 5) is 14.0. The third-order valence-electron chi connectivity index (χ3n) is 2.78. The van der Waals surface area contributed by atoms with Gasteiger partial charge in [0.25, 0.3) is 5.91 Å². The van der Waals surface area contributed by atoms with E-state index in [9.17, 15) is 4.79 Å². The molecule has 0 aromatic carbocycles. The first-order valence-electron chi connectivity index (χ1n) is 5.55. The minimum absolute atomic E-state index is 0.0540. The molecule has 17 heavy (non-hydrogen) atoms. The number of carbonyl (C=O) groups is 1. The normalized spacial score (nSPS) is 25.1. The average molecular weight is 303 g/mol. The summed E-state index contributed by atoms with van der Waals surface area (Å²) in [7, 11) is 0. The van der Waals surface area contributed by atoms with Crippen LogP contribution < -0.4 is 0 Å². The summed E-state index contributed by atoms with van der Waals surface area (Å²) in [6.45, 7) is 6.91. The molecular formula is C11H15BrN2O3. The fourth-order valence-corrected chi connectivity index (χ4v) is 2.27. The van der Waals surface area contributed by atoms with Crippen LogP contribution >= 0.6 is 15.9 Å². The molecule has 0 spiro atoms. The molecular weight excluding hydrogens is 288 g/mol. The molecule has 2 rings (SSSR count). The maximum atomic E-state index is 12.3. The van der Waals surface area contributed by atoms with Gasteiger partial charge in [-0.3, -0.25) is 4.79 Å². The second-order valence-corrected chi connectivity index (χ2v) is 5.12. The Balaban J connectivity index is 2.17. The van der Waals surface area contributed by atoms with Crippen LogP contribution in [0.1, 0.15) is 29.9 Å². The number of ether oxygens (including phenoxy) is 1. The SMILES string of the molecule is Cc1c(C(=O)N2C[C@@H](C)O[C@@H](C)C2)noc1Br. The van der Waals surface area contributed by atoms with Crippen molar-refractivity contribution in [3.8, 4) is 0 Å². The molecule has 2 heterocycles. The van der Waals surface area contributed by atoms with E-state index < -0.39 is 0 Å². The highest BCUT2D eigenvalue weighted by Gasteiger charge is 2.29. The molecule has 1 saturated heterocycles. The van der Waals surface area contributed by atoms with Crippen LogP contribution in [0.4, 0.5) is 0 Å². The molecule has 1 fully saturated rings. The second-order valence-electron chi connectivity index (χ2n) is 4.40. The maximum Gasteiger partial charge on any atom is 0.276 e. The van der Waals surface area contributed by atoms with Gasteiger partial charge in [-0.25, -0.2) is 0 Å². The lowest BCUT2D eigenvalue weighted by atomic mass is 10.2. The van der Waals surface area contributed by atoms with E-state index in [-0.39, 0.29) is 18.1 Å². The third kappa shape index (κ3) is 2.52. The molecule has 0 bridgehead atoms. The van der Waals surface area contributed by atoms with Gasteiger partial charge >= 0.3 is 0 Å². The van der Waals surface area contributed by atoms with Gasteiger partial charge in [-0.2, -0.15) is 0 Å². The van der Waals surface area contributed by atoms with Gasteiger partial charge in [-0.15, -0.1) is 0 Å². The largest absolute Gasteiger partial charge is 0.372 e. The Labute approximate surface area is 108 Å². The Kier molecular flexibility index (Phi) is 3.53. The number of amides is 1. The fourth-order valence-electron chi connectivity index (χ4n) is 2.01. The van der Waals surface area contributed by atoms with Crippen LogP contribution in [0.15, 0.2) is 9.19 Å². The van der Waals surface area contributed by atoms with Crippen LogP contribution in [0.2, 0.25) is 0 Å². The highest BCUT2D eigenvalue weighted by molar-refractivity contribution is 9.10. The van der Waals surface area contributed by atoms with Crippen molar-refractivity contribution in [2.45, 2.75) is 33.0 Å². The molecule has 1 aliphatic heterocycles. The Morgan fingerprint density at radius 2 is 2.00 bits per heavy atom. The molecule has 1 aromatic heterocycles. The van der Waals surface area contributed by atoms with E-state index in [0.29, 0.717) is 23.5 Å². The van der Waals surface area contributed by atoms with E-state index in [1.165, 1.54) is 0 Å². The van der Waals surface area contributed by atoms with Crippen molar-refractivity contribution in [1.29, 1.82) is 0 Å². The molecule has 5 nitrogen and oxygen atoms in total. The topological polar surface area (TPSA) is 55.6 Å². The number of rotatable bonds is 1. The van der Waals surface area contributed by atoms with Crippen LogP contribution in [0, 0.1) is 6.92 Å². The number of morpholine rings is 1. The number of hydrogen-bond donors (Lipinski definition) is 0. The first-order chi connectivity index (χ1) is 7.99. The van der Waals surface area contributed by atoms with Crippen LogP contribution in [-0.2, 0) is 4.74 Å². The Bertz CT molecular complexity index is 422. The fraction of sp³-hybridized carbons (Fsp3) is 0.636. The molecule has 1 aliphatic rings. The minimum atomic E-state index is -0.0982. The van der Waals surface area contributed by atoms with Gasteiger partial charge in [0.1, 0.15) is 0 Å². The van der Waals surface area contributed by atoms with Gasteiger partial charge in [-0.05, 0) is 36.7 Å². The molecule has 2 atom stereocenters. The van der Waals surface area contributed by atoms with E-state index in [0.717, 1.165) is 5.56 Å². The van der Waals surface area contributed by atoms with Crippen LogP contribution in [-0.4, -0.2) is 41.3 Å². The Hall–Kier alpha value is -0.880. The zero-order valence-electron chi connectivity index (χ0n) is 10.1. The van der Waals surface area contributed by atoms with E-state index in [1.807, 2.05) is 13.8 Å². The van der Waals surface area contributed by atoms with E-state index >= 15 is 0 Å². The first-order valence-corrected chi connectivity index (χ1v) is 6.35. The number of hydrogen-bond acceptors (Lipinski definition) is 4. The highest BCUT2D eigenvalue weighted by Crippen LogP contribution is 2.21. The predicted molar refractivity (Wildman–Crippen MR) is 64.9 cm³/mol. The van der Waals surface area contributed by atoms with Crippen molar-refractivity contribution in [3.63, 3.8) is 0 Å². The van der Waals surface area contributed by atoms with Gasteiger partial charge in [0.15, 0.2) is 5.69 Å². The monoisotopic (exact) mass is 302 g/mol. The lowest BCUT2D eigenvalue weighted by Gasteiger charge is -2.34. The summed E-state index contributed by atoms with van der Waals surface area (Å²) < 4.78 is 11.0. The summed E-state index contributed by atoms with van der Waals surface area (Å²) in [5.74, 6) is -0.0982. The highest BCUT2D eigenvalue weighted by atomic mass is 79.9. The second kappa shape index (κ2) is 4.78. The molecule has 1 aromatic rings. The molecule has 6 heteroatoms. The van der Waals surface area contributed by atoms with E-state index in [1.54, 1.807) is 11.8 Å². The summed E-state index contributed by atoms with van der Waals surface area (Å²) in [6, 6.07) is 0. The quantitative estimate of drug-likeness (QED) is 0.796. The number of carbonyl (C=O) groups excluding carboxylic acids is 1. The van der Waals surface area contributed by atoms with E-state index in [2.05, 4.69) is 21.1 Å². The Morgan fingerprint density at radius 3 is 2.47 bits per heavy atom. The number of aromatic nitrogens is 1. The average Bonchev–Trinajstić information content (AvgIpc) is 2.57. The maximum absolute atomic E-state index is 12.3. The van der Waals surface area contributed by atoms with Crippen molar-refractivity contribution in [1.82, 2.24) is 10.1 Å². The smallest absolute Gasteiger partial charge is 0.276 e. The molecule has 1 amide bonds. The zero-order valence-corrected chi connectivity index (χ0v) is 11.7. The van der Waals surface area contributed by atoms with Crippen molar-refractivity contribution < 1.29 is 14.1 Å². The zero-order chi connectivity index (χ0) is 12.6. The summed E-state index contributed by atoms with van der Waals surface area (Å²) in [5.41, 5.74) is 1.11. The molecule has 0 saturated carbocycles. The summed E-state index contributed by atoms with van der Waals surface area (Å²) in [5, 5.41) is 3.79. The first kappa shape index (κ1) is 12.6. The summed E-state index contributed by atoms with van der Waals surface area (Å²) >= 11 is 3.21. The van der Waals surface area contributed by atoms with Crippen LogP contribution in [0.3, 0.4) is 0 Å². The summed E-state index contributed by atoms with van der Waals surface area (Å²) in [6.07, 6.45) is 0.108. The van der Waals surface area contributed by atoms with E-state index in [4.69, 9.17) is 9.26 Å². The number of halogens is 1. The lowest BCUT2D eigenvalue weighted by molar-refractivity contribution is -0.0588. The Morgan fingerprint density at radius 1 is 1.41 bits per heavy atom. The molecule has 0 aliphatic carbocycles. The van der Waals surface area contributed by atoms with Crippen LogP contribution in [0.5, 0.6) is 0 Å². The molecule has 0 N–H and O–H groups in total. The standard InChI is InChI=1S/C11H15BrN2O3/c1-6-4-14(5-7(2)16-6)11(15)9-8(3)10(12)17-13-9/h6-7H,4-5H2,1-3H3/t6-,7+. The van der Waals surface area contributed by atoms with Crippen molar-refractivity contribution >= 4 is 21.8 Å². The van der Waals surface area contributed by atoms with Crippen molar-refractivity contribution in [3.05, 3.63) is 15.9 Å². The minimum Gasteiger partial charge on any atom is -0.372 e. The lowest BCUT2D eigenvalue weighted by Crippen LogP contribution is -2.48. The number of nitrogens with zero attached hydrogens (tertiary/aromatic N) is 2.